The van der Waals surface area contributed by atoms with Gasteiger partial charge in [0.2, 0.25) is 0 Å². The van der Waals surface area contributed by atoms with Gasteiger partial charge in [0.05, 0.1) is 6.61 Å². The van der Waals surface area contributed by atoms with Gasteiger partial charge in [-0.15, -0.1) is 0 Å². The maximum atomic E-state index is 5.94. The topological polar surface area (TPSA) is 44.5 Å². The lowest BCUT2D eigenvalue weighted by Crippen LogP contribution is -2.04. The molecule has 2 rings (SSSR count). The van der Waals surface area contributed by atoms with Crippen LogP contribution in [-0.4, -0.2) is 13.2 Å². The Bertz CT molecular complexity index is 570. The summed E-state index contributed by atoms with van der Waals surface area (Å²) in [4.78, 5) is 0. The fourth-order valence-electron chi connectivity index (χ4n) is 1.95. The summed E-state index contributed by atoms with van der Waals surface area (Å²) in [5.41, 5.74) is 6.75. The summed E-state index contributed by atoms with van der Waals surface area (Å²) in [7, 11) is 0. The number of nitrogens with two attached hydrogens (primary N) is 1. The van der Waals surface area contributed by atoms with Gasteiger partial charge < -0.3 is 15.2 Å². The lowest BCUT2D eigenvalue weighted by Gasteiger charge is -2.12. The summed E-state index contributed by atoms with van der Waals surface area (Å²) in [5, 5.41) is 0. The third-order valence-corrected chi connectivity index (χ3v) is 3.45. The SMILES string of the molecule is CCCOc1ccc(Oc2ccc(Br)cc2CCN)cc1. The quantitative estimate of drug-likeness (QED) is 0.798. The molecule has 0 fully saturated rings. The Hall–Kier alpha value is -1.52. The number of hydrogen-bond acceptors (Lipinski definition) is 3. The number of hydrogen-bond donors (Lipinski definition) is 1. The molecular formula is C17H20BrNO2. The Morgan fingerprint density at radius 2 is 1.76 bits per heavy atom. The van der Waals surface area contributed by atoms with E-state index in [0.29, 0.717) is 6.54 Å². The highest BCUT2D eigenvalue weighted by molar-refractivity contribution is 9.10. The number of benzene rings is 2. The van der Waals surface area contributed by atoms with Crippen LogP contribution in [0, 0.1) is 0 Å². The third-order valence-electron chi connectivity index (χ3n) is 2.96. The second-order valence-corrected chi connectivity index (χ2v) is 5.63. The molecule has 112 valence electrons. The lowest BCUT2D eigenvalue weighted by atomic mass is 10.1. The van der Waals surface area contributed by atoms with Crippen LogP contribution >= 0.6 is 15.9 Å². The number of rotatable bonds is 7. The van der Waals surface area contributed by atoms with Crippen LogP contribution in [0.5, 0.6) is 17.2 Å². The van der Waals surface area contributed by atoms with Gasteiger partial charge in [0, 0.05) is 4.47 Å². The Morgan fingerprint density at radius 3 is 2.43 bits per heavy atom. The normalized spacial score (nSPS) is 10.4. The maximum Gasteiger partial charge on any atom is 0.130 e. The van der Waals surface area contributed by atoms with Crippen molar-refractivity contribution in [2.45, 2.75) is 19.8 Å². The first-order valence-corrected chi connectivity index (χ1v) is 7.91. The molecular weight excluding hydrogens is 330 g/mol. The Labute approximate surface area is 134 Å². The van der Waals surface area contributed by atoms with E-state index in [1.54, 1.807) is 0 Å². The van der Waals surface area contributed by atoms with E-state index in [0.717, 1.165) is 46.7 Å². The molecule has 2 N–H and O–H groups in total. The molecule has 0 unspecified atom stereocenters. The molecule has 0 aromatic heterocycles. The van der Waals surface area contributed by atoms with Crippen molar-refractivity contribution in [2.75, 3.05) is 13.2 Å². The molecule has 2 aromatic carbocycles. The number of ether oxygens (including phenoxy) is 2. The first-order chi connectivity index (χ1) is 10.2. The van der Waals surface area contributed by atoms with E-state index in [1.807, 2.05) is 42.5 Å². The predicted octanol–water partition coefficient (Wildman–Crippen LogP) is 4.53. The predicted molar refractivity (Wildman–Crippen MR) is 89.2 cm³/mol. The van der Waals surface area contributed by atoms with Crippen LogP contribution < -0.4 is 15.2 Å². The van der Waals surface area contributed by atoms with Crippen LogP contribution in [0.4, 0.5) is 0 Å². The summed E-state index contributed by atoms with van der Waals surface area (Å²) in [5.74, 6) is 2.49. The summed E-state index contributed by atoms with van der Waals surface area (Å²) in [6.45, 7) is 3.41. The van der Waals surface area contributed by atoms with Crippen molar-refractivity contribution < 1.29 is 9.47 Å². The van der Waals surface area contributed by atoms with Crippen LogP contribution in [0.3, 0.4) is 0 Å². The molecule has 0 atom stereocenters. The van der Waals surface area contributed by atoms with Gasteiger partial charge in [-0.25, -0.2) is 0 Å². The molecule has 2 aromatic rings. The minimum atomic E-state index is 0.594. The average Bonchev–Trinajstić information content (AvgIpc) is 2.49. The van der Waals surface area contributed by atoms with Gasteiger partial charge >= 0.3 is 0 Å². The lowest BCUT2D eigenvalue weighted by molar-refractivity contribution is 0.317. The highest BCUT2D eigenvalue weighted by Gasteiger charge is 2.06. The zero-order chi connectivity index (χ0) is 15.1. The molecule has 0 amide bonds. The molecule has 0 aliphatic rings. The van der Waals surface area contributed by atoms with Crippen molar-refractivity contribution in [1.29, 1.82) is 0 Å². The Kier molecular flexibility index (Phi) is 6.08. The smallest absolute Gasteiger partial charge is 0.130 e. The van der Waals surface area contributed by atoms with E-state index >= 15 is 0 Å². The highest BCUT2D eigenvalue weighted by Crippen LogP contribution is 2.29. The van der Waals surface area contributed by atoms with E-state index in [-0.39, 0.29) is 0 Å². The van der Waals surface area contributed by atoms with Gasteiger partial charge in [0.25, 0.3) is 0 Å². The first-order valence-electron chi connectivity index (χ1n) is 7.12. The molecule has 0 saturated carbocycles. The molecule has 21 heavy (non-hydrogen) atoms. The van der Waals surface area contributed by atoms with Crippen molar-refractivity contribution in [2.24, 2.45) is 5.73 Å². The fourth-order valence-corrected chi connectivity index (χ4v) is 2.36. The second kappa shape index (κ2) is 8.05. The molecule has 0 aliphatic heterocycles. The average molecular weight is 350 g/mol. The molecule has 0 bridgehead atoms. The maximum absolute atomic E-state index is 5.94. The van der Waals surface area contributed by atoms with E-state index < -0.39 is 0 Å². The summed E-state index contributed by atoms with van der Waals surface area (Å²) >= 11 is 3.47. The standard InChI is InChI=1S/C17H20BrNO2/c1-2-11-20-15-4-6-16(7-5-15)21-17-8-3-14(18)12-13(17)9-10-19/h3-8,12H,2,9-11,19H2,1H3. The Morgan fingerprint density at radius 1 is 1.05 bits per heavy atom. The van der Waals surface area contributed by atoms with E-state index in [4.69, 9.17) is 15.2 Å². The number of halogens is 1. The molecule has 0 aliphatic carbocycles. The van der Waals surface area contributed by atoms with Gasteiger partial charge in [-0.1, -0.05) is 22.9 Å². The van der Waals surface area contributed by atoms with Gasteiger partial charge in [-0.3, -0.25) is 0 Å². The minimum Gasteiger partial charge on any atom is -0.494 e. The van der Waals surface area contributed by atoms with E-state index in [2.05, 4.69) is 22.9 Å². The summed E-state index contributed by atoms with van der Waals surface area (Å²) in [6, 6.07) is 13.6. The second-order valence-electron chi connectivity index (χ2n) is 4.71. The molecule has 0 radical (unpaired) electrons. The van der Waals surface area contributed by atoms with Crippen molar-refractivity contribution in [3.8, 4) is 17.2 Å². The summed E-state index contributed by atoms with van der Waals surface area (Å²) in [6.07, 6.45) is 1.78. The first kappa shape index (κ1) is 15.9. The van der Waals surface area contributed by atoms with Crippen molar-refractivity contribution in [1.82, 2.24) is 0 Å². The summed E-state index contributed by atoms with van der Waals surface area (Å²) < 4.78 is 12.5. The van der Waals surface area contributed by atoms with Crippen LogP contribution in [0.25, 0.3) is 0 Å². The van der Waals surface area contributed by atoms with Gasteiger partial charge in [-0.05, 0) is 67.4 Å². The molecule has 0 spiro atoms. The van der Waals surface area contributed by atoms with E-state index in [1.165, 1.54) is 0 Å². The van der Waals surface area contributed by atoms with Gasteiger partial charge in [0.1, 0.15) is 17.2 Å². The minimum absolute atomic E-state index is 0.594. The van der Waals surface area contributed by atoms with Crippen LogP contribution in [0.15, 0.2) is 46.9 Å². The largest absolute Gasteiger partial charge is 0.494 e. The third kappa shape index (κ3) is 4.76. The zero-order valence-electron chi connectivity index (χ0n) is 12.1. The van der Waals surface area contributed by atoms with Crippen LogP contribution in [0.1, 0.15) is 18.9 Å². The molecule has 3 nitrogen and oxygen atoms in total. The van der Waals surface area contributed by atoms with Gasteiger partial charge in [-0.2, -0.15) is 0 Å². The van der Waals surface area contributed by atoms with Crippen LogP contribution in [0.2, 0.25) is 0 Å². The fraction of sp³-hybridized carbons (Fsp3) is 0.294. The van der Waals surface area contributed by atoms with Crippen molar-refractivity contribution in [3.05, 3.63) is 52.5 Å². The van der Waals surface area contributed by atoms with Crippen molar-refractivity contribution in [3.63, 3.8) is 0 Å². The monoisotopic (exact) mass is 349 g/mol. The molecule has 0 heterocycles. The molecule has 0 saturated heterocycles. The van der Waals surface area contributed by atoms with Crippen LogP contribution in [-0.2, 0) is 6.42 Å². The zero-order valence-corrected chi connectivity index (χ0v) is 13.7. The highest BCUT2D eigenvalue weighted by atomic mass is 79.9. The van der Waals surface area contributed by atoms with E-state index in [9.17, 15) is 0 Å². The Balaban J connectivity index is 2.10. The van der Waals surface area contributed by atoms with Gasteiger partial charge in [0.15, 0.2) is 0 Å². The van der Waals surface area contributed by atoms with Crippen molar-refractivity contribution >= 4 is 15.9 Å². The molecule has 4 heteroatoms.